The molecule has 0 spiro atoms. The fraction of sp³-hybridized carbons (Fsp3) is 0.0952. The molecule has 4 nitrogen and oxygen atoms in total. The first-order valence-electron chi connectivity index (χ1n) is 15.7. The van der Waals surface area contributed by atoms with E-state index in [1.54, 1.807) is 0 Å². The van der Waals surface area contributed by atoms with Gasteiger partial charge in [-0.05, 0) is 72.8 Å². The molecule has 0 N–H and O–H groups in total. The van der Waals surface area contributed by atoms with Gasteiger partial charge in [0.15, 0.2) is 0 Å². The van der Waals surface area contributed by atoms with Crippen molar-refractivity contribution in [2.75, 3.05) is 47.8 Å². The first-order chi connectivity index (χ1) is 22.5. The largest absolute Gasteiger partial charge is 0.377 e. The summed E-state index contributed by atoms with van der Waals surface area (Å²) in [5, 5.41) is 4.86. The van der Waals surface area contributed by atoms with Crippen LogP contribution < -0.4 is 19.6 Å². The lowest BCUT2D eigenvalue weighted by Crippen LogP contribution is -2.15. The highest BCUT2D eigenvalue weighted by Gasteiger charge is 2.21. The Hall–Kier alpha value is -5.74. The van der Waals surface area contributed by atoms with Gasteiger partial charge in [0.1, 0.15) is 0 Å². The molecule has 0 heterocycles. The van der Waals surface area contributed by atoms with Gasteiger partial charge in [0.05, 0.1) is 11.4 Å². The second-order valence-electron chi connectivity index (χ2n) is 12.0. The number of hydrogen-bond acceptors (Lipinski definition) is 4. The van der Waals surface area contributed by atoms with E-state index in [-0.39, 0.29) is 0 Å². The SMILES string of the molecule is CN(C)c1c2ccc(N(c3ccccc3)c3ccccc3)cc2c(N(C)C)c2ccc(N(c3ccccc3)c3ccccc3)cc12. The van der Waals surface area contributed by atoms with Crippen molar-refractivity contribution in [3.63, 3.8) is 0 Å². The summed E-state index contributed by atoms with van der Waals surface area (Å²) in [5.74, 6) is 0. The number of anilines is 8. The topological polar surface area (TPSA) is 13.0 Å². The lowest BCUT2D eigenvalue weighted by molar-refractivity contribution is 1.14. The minimum atomic E-state index is 1.12. The fourth-order valence-electron chi connectivity index (χ4n) is 6.60. The molecule has 4 heteroatoms. The van der Waals surface area contributed by atoms with Crippen molar-refractivity contribution in [3.8, 4) is 0 Å². The highest BCUT2D eigenvalue weighted by molar-refractivity contribution is 6.21. The Balaban J connectivity index is 1.49. The Morgan fingerprint density at radius 1 is 0.283 bits per heavy atom. The Kier molecular flexibility index (Phi) is 7.78. The normalized spacial score (nSPS) is 11.0. The molecule has 0 aliphatic carbocycles. The Morgan fingerprint density at radius 3 is 0.826 bits per heavy atom. The second-order valence-corrected chi connectivity index (χ2v) is 12.0. The molecule has 0 aliphatic heterocycles. The summed E-state index contributed by atoms with van der Waals surface area (Å²) in [4.78, 5) is 9.18. The molecule has 7 rings (SSSR count). The first-order valence-corrected chi connectivity index (χ1v) is 15.7. The van der Waals surface area contributed by atoms with E-state index < -0.39 is 0 Å². The summed E-state index contributed by atoms with van der Waals surface area (Å²) in [6.07, 6.45) is 0. The molecule has 0 aliphatic rings. The third-order valence-corrected chi connectivity index (χ3v) is 8.50. The average molecular weight is 599 g/mol. The van der Waals surface area contributed by atoms with Crippen LogP contribution in [0.4, 0.5) is 45.5 Å². The predicted molar refractivity (Wildman–Crippen MR) is 199 cm³/mol. The predicted octanol–water partition coefficient (Wildman–Crippen LogP) is 11.1. The van der Waals surface area contributed by atoms with Gasteiger partial charge in [-0.1, -0.05) is 84.9 Å². The number of nitrogens with zero attached hydrogens (tertiary/aromatic N) is 4. The monoisotopic (exact) mass is 598 g/mol. The Labute approximate surface area is 272 Å². The molecule has 0 fully saturated rings. The number of para-hydroxylation sites is 4. The van der Waals surface area contributed by atoms with Gasteiger partial charge in [0, 0.05) is 83.9 Å². The lowest BCUT2D eigenvalue weighted by Gasteiger charge is -2.30. The smallest absolute Gasteiger partial charge is 0.0522 e. The van der Waals surface area contributed by atoms with Crippen LogP contribution >= 0.6 is 0 Å². The van der Waals surface area contributed by atoms with E-state index >= 15 is 0 Å². The van der Waals surface area contributed by atoms with Gasteiger partial charge in [0.25, 0.3) is 0 Å². The van der Waals surface area contributed by atoms with Crippen LogP contribution in [0.3, 0.4) is 0 Å². The Morgan fingerprint density at radius 2 is 0.565 bits per heavy atom. The van der Waals surface area contributed by atoms with Crippen molar-refractivity contribution >= 4 is 67.0 Å². The molecule has 0 aromatic heterocycles. The highest BCUT2D eigenvalue weighted by atomic mass is 15.2. The summed E-state index contributed by atoms with van der Waals surface area (Å²) in [5.41, 5.74) is 9.15. The summed E-state index contributed by atoms with van der Waals surface area (Å²) < 4.78 is 0. The zero-order chi connectivity index (χ0) is 31.6. The maximum atomic E-state index is 2.35. The van der Waals surface area contributed by atoms with Gasteiger partial charge in [-0.15, -0.1) is 0 Å². The fourth-order valence-corrected chi connectivity index (χ4v) is 6.60. The zero-order valence-corrected chi connectivity index (χ0v) is 26.8. The van der Waals surface area contributed by atoms with Gasteiger partial charge in [-0.3, -0.25) is 0 Å². The molecule has 0 bridgehead atoms. The van der Waals surface area contributed by atoms with Gasteiger partial charge >= 0.3 is 0 Å². The Bertz CT molecular complexity index is 1860. The average Bonchev–Trinajstić information content (AvgIpc) is 3.09. The number of hydrogen-bond donors (Lipinski definition) is 0. The number of fused-ring (bicyclic) bond motifs is 2. The molecular formula is C42H38N4. The minimum absolute atomic E-state index is 1.12. The first kappa shape index (κ1) is 29.0. The van der Waals surface area contributed by atoms with Gasteiger partial charge in [0.2, 0.25) is 0 Å². The third kappa shape index (κ3) is 5.28. The zero-order valence-electron chi connectivity index (χ0n) is 26.8. The van der Waals surface area contributed by atoms with Crippen LogP contribution in [0.2, 0.25) is 0 Å². The van der Waals surface area contributed by atoms with Crippen LogP contribution in [0, 0.1) is 0 Å². The number of rotatable bonds is 8. The maximum Gasteiger partial charge on any atom is 0.0522 e. The van der Waals surface area contributed by atoms with E-state index in [1.807, 2.05) is 0 Å². The van der Waals surface area contributed by atoms with Crippen molar-refractivity contribution in [2.24, 2.45) is 0 Å². The van der Waals surface area contributed by atoms with Gasteiger partial charge in [-0.25, -0.2) is 0 Å². The highest BCUT2D eigenvalue weighted by Crippen LogP contribution is 2.47. The molecule has 46 heavy (non-hydrogen) atoms. The summed E-state index contributed by atoms with van der Waals surface area (Å²) in [7, 11) is 8.60. The van der Waals surface area contributed by atoms with Crippen molar-refractivity contribution < 1.29 is 0 Å². The summed E-state index contributed by atoms with van der Waals surface area (Å²) >= 11 is 0. The minimum Gasteiger partial charge on any atom is -0.377 e. The molecule has 7 aromatic rings. The molecule has 0 amide bonds. The van der Waals surface area contributed by atoms with Crippen LogP contribution in [-0.4, -0.2) is 28.2 Å². The molecule has 7 aromatic carbocycles. The summed E-state index contributed by atoms with van der Waals surface area (Å²) in [6.45, 7) is 0. The van der Waals surface area contributed by atoms with Crippen LogP contribution in [0.1, 0.15) is 0 Å². The quantitative estimate of drug-likeness (QED) is 0.127. The van der Waals surface area contributed by atoms with Gasteiger partial charge < -0.3 is 19.6 Å². The maximum absolute atomic E-state index is 2.35. The molecular weight excluding hydrogens is 560 g/mol. The third-order valence-electron chi connectivity index (χ3n) is 8.50. The van der Waals surface area contributed by atoms with Crippen molar-refractivity contribution in [1.29, 1.82) is 0 Å². The number of benzene rings is 7. The van der Waals surface area contributed by atoms with E-state index in [1.165, 1.54) is 32.9 Å². The van der Waals surface area contributed by atoms with Crippen LogP contribution in [0.25, 0.3) is 21.5 Å². The standard InChI is InChI=1S/C42H38N4/c1-43(2)41-37-27-25-36(46(33-21-13-7-14-22-33)34-23-15-8-16-24-34)30-40(37)42(44(3)4)38-28-26-35(29-39(38)41)45(31-17-9-5-10-18-31)32-19-11-6-12-20-32/h5-30H,1-4H3. The van der Waals surface area contributed by atoms with Crippen LogP contribution in [-0.2, 0) is 0 Å². The second kappa shape index (κ2) is 12.3. The van der Waals surface area contributed by atoms with Crippen molar-refractivity contribution in [3.05, 3.63) is 158 Å². The molecule has 0 saturated carbocycles. The van der Waals surface area contributed by atoms with E-state index in [0.717, 1.165) is 34.1 Å². The molecule has 0 unspecified atom stereocenters. The van der Waals surface area contributed by atoms with Gasteiger partial charge in [-0.2, -0.15) is 0 Å². The van der Waals surface area contributed by atoms with E-state index in [2.05, 4.69) is 206 Å². The van der Waals surface area contributed by atoms with E-state index in [4.69, 9.17) is 0 Å². The molecule has 0 radical (unpaired) electrons. The van der Waals surface area contributed by atoms with E-state index in [0.29, 0.717) is 0 Å². The van der Waals surface area contributed by atoms with Crippen molar-refractivity contribution in [2.45, 2.75) is 0 Å². The van der Waals surface area contributed by atoms with Crippen LogP contribution in [0.5, 0.6) is 0 Å². The van der Waals surface area contributed by atoms with E-state index in [9.17, 15) is 0 Å². The molecule has 226 valence electrons. The molecule has 0 saturated heterocycles. The molecule has 0 atom stereocenters. The summed E-state index contributed by atoms with van der Waals surface area (Å²) in [6, 6.07) is 56.2. The van der Waals surface area contributed by atoms with Crippen LogP contribution in [0.15, 0.2) is 158 Å². The van der Waals surface area contributed by atoms with Crippen molar-refractivity contribution in [1.82, 2.24) is 0 Å². The lowest BCUT2D eigenvalue weighted by atomic mass is 9.95.